The first kappa shape index (κ1) is 19.4. The average molecular weight is 392 g/mol. The van der Waals surface area contributed by atoms with E-state index in [0.717, 1.165) is 10.2 Å². The van der Waals surface area contributed by atoms with E-state index >= 15 is 0 Å². The smallest absolute Gasteiger partial charge is 0.307 e. The van der Waals surface area contributed by atoms with Gasteiger partial charge in [-0.1, -0.05) is 32.1 Å². The van der Waals surface area contributed by atoms with Crippen molar-refractivity contribution in [3.63, 3.8) is 0 Å². The standard InChI is InChI=1S/C19H24N2O5S/c1-5-24-16(22)6-7-21-12-10-13-14(26-9-8-25-13)11-15(12)27-18(21)20-17(23)19(2,3)4/h10-11H,5-9H2,1-4H3. The molecule has 0 N–H and O–H groups in total. The summed E-state index contributed by atoms with van der Waals surface area (Å²) in [5, 5.41) is 0. The maximum Gasteiger partial charge on any atom is 0.307 e. The molecule has 3 rings (SSSR count). The quantitative estimate of drug-likeness (QED) is 0.748. The fourth-order valence-corrected chi connectivity index (χ4v) is 3.66. The Kier molecular flexibility index (Phi) is 5.55. The van der Waals surface area contributed by atoms with E-state index in [2.05, 4.69) is 4.99 Å². The maximum absolute atomic E-state index is 12.4. The summed E-state index contributed by atoms with van der Waals surface area (Å²) in [6.07, 6.45) is 0.199. The maximum atomic E-state index is 12.4. The summed E-state index contributed by atoms with van der Waals surface area (Å²) in [7, 11) is 0. The fraction of sp³-hybridized carbons (Fsp3) is 0.526. The molecule has 0 spiro atoms. The number of fused-ring (bicyclic) bond motifs is 2. The van der Waals surface area contributed by atoms with Gasteiger partial charge in [-0.15, -0.1) is 0 Å². The monoisotopic (exact) mass is 392 g/mol. The Balaban J connectivity index is 2.08. The van der Waals surface area contributed by atoms with Gasteiger partial charge in [0.25, 0.3) is 5.91 Å². The van der Waals surface area contributed by atoms with Gasteiger partial charge in [-0.25, -0.2) is 0 Å². The second-order valence-corrected chi connectivity index (χ2v) is 8.23. The molecule has 1 aliphatic rings. The Morgan fingerprint density at radius 1 is 1.22 bits per heavy atom. The number of nitrogens with zero attached hydrogens (tertiary/aromatic N) is 2. The summed E-state index contributed by atoms with van der Waals surface area (Å²) in [6.45, 7) is 8.97. The highest BCUT2D eigenvalue weighted by molar-refractivity contribution is 7.16. The molecule has 146 valence electrons. The summed E-state index contributed by atoms with van der Waals surface area (Å²) >= 11 is 1.39. The normalized spacial score (nSPS) is 14.4. The second kappa shape index (κ2) is 7.72. The topological polar surface area (TPSA) is 79.1 Å². The first-order valence-electron chi connectivity index (χ1n) is 8.97. The number of ether oxygens (including phenoxy) is 3. The minimum atomic E-state index is -0.583. The fourth-order valence-electron chi connectivity index (χ4n) is 2.60. The van der Waals surface area contributed by atoms with Crippen molar-refractivity contribution in [3.8, 4) is 11.5 Å². The van der Waals surface area contributed by atoms with Crippen molar-refractivity contribution >= 4 is 33.4 Å². The van der Waals surface area contributed by atoms with Gasteiger partial charge in [-0.2, -0.15) is 4.99 Å². The van der Waals surface area contributed by atoms with Gasteiger partial charge >= 0.3 is 5.97 Å². The molecule has 0 saturated heterocycles. The van der Waals surface area contributed by atoms with E-state index in [4.69, 9.17) is 14.2 Å². The van der Waals surface area contributed by atoms with Crippen LogP contribution in [0.4, 0.5) is 0 Å². The number of benzene rings is 1. The van der Waals surface area contributed by atoms with Crippen LogP contribution in [-0.4, -0.2) is 36.3 Å². The van der Waals surface area contributed by atoms with Crippen molar-refractivity contribution < 1.29 is 23.8 Å². The number of hydrogen-bond acceptors (Lipinski definition) is 6. The average Bonchev–Trinajstić information content (AvgIpc) is 2.93. The Bertz CT molecular complexity index is 936. The minimum Gasteiger partial charge on any atom is -0.486 e. The van der Waals surface area contributed by atoms with Gasteiger partial charge < -0.3 is 18.8 Å². The first-order chi connectivity index (χ1) is 12.8. The predicted octanol–water partition coefficient (Wildman–Crippen LogP) is 2.90. The van der Waals surface area contributed by atoms with Gasteiger partial charge in [0.2, 0.25) is 0 Å². The molecule has 7 nitrogen and oxygen atoms in total. The lowest BCUT2D eigenvalue weighted by molar-refractivity contribution is -0.143. The Morgan fingerprint density at radius 2 is 1.89 bits per heavy atom. The van der Waals surface area contributed by atoms with Crippen LogP contribution in [0.5, 0.6) is 11.5 Å². The van der Waals surface area contributed by atoms with Crippen LogP contribution in [0.25, 0.3) is 10.2 Å². The number of hydrogen-bond donors (Lipinski definition) is 0. The molecule has 0 saturated carbocycles. The lowest BCUT2D eigenvalue weighted by Gasteiger charge is -2.18. The summed E-state index contributed by atoms with van der Waals surface area (Å²) in [5.41, 5.74) is 0.273. The molecule has 0 aliphatic carbocycles. The van der Waals surface area contributed by atoms with Crippen LogP contribution in [0.1, 0.15) is 34.1 Å². The minimum absolute atomic E-state index is 0.199. The summed E-state index contributed by atoms with van der Waals surface area (Å²) < 4.78 is 19.1. The highest BCUT2D eigenvalue weighted by atomic mass is 32.1. The number of aryl methyl sites for hydroxylation is 1. The summed E-state index contributed by atoms with van der Waals surface area (Å²) in [6, 6.07) is 3.78. The zero-order valence-corrected chi connectivity index (χ0v) is 16.9. The van der Waals surface area contributed by atoms with E-state index in [-0.39, 0.29) is 18.3 Å². The SMILES string of the molecule is CCOC(=O)CCn1c(=NC(=O)C(C)(C)C)sc2cc3c(cc21)OCCO3. The Hall–Kier alpha value is -2.35. The van der Waals surface area contributed by atoms with E-state index < -0.39 is 5.41 Å². The second-order valence-electron chi connectivity index (χ2n) is 7.22. The summed E-state index contributed by atoms with van der Waals surface area (Å²) in [4.78, 5) is 29.2. The first-order valence-corrected chi connectivity index (χ1v) is 9.79. The Morgan fingerprint density at radius 3 is 2.52 bits per heavy atom. The molecule has 0 atom stereocenters. The third kappa shape index (κ3) is 4.32. The van der Waals surface area contributed by atoms with Gasteiger partial charge in [0.15, 0.2) is 16.3 Å². The van der Waals surface area contributed by atoms with Crippen LogP contribution in [0.3, 0.4) is 0 Å². The van der Waals surface area contributed by atoms with Crippen molar-refractivity contribution in [2.24, 2.45) is 10.4 Å². The van der Waals surface area contributed by atoms with Crippen molar-refractivity contribution in [3.05, 3.63) is 16.9 Å². The number of rotatable bonds is 4. The molecule has 2 heterocycles. The predicted molar refractivity (Wildman–Crippen MR) is 102 cm³/mol. The van der Waals surface area contributed by atoms with Gasteiger partial charge in [0.05, 0.1) is 23.2 Å². The molecule has 1 aromatic carbocycles. The molecule has 27 heavy (non-hydrogen) atoms. The van der Waals surface area contributed by atoms with E-state index in [0.29, 0.717) is 42.7 Å². The lowest BCUT2D eigenvalue weighted by Crippen LogP contribution is -2.24. The number of thiazole rings is 1. The van der Waals surface area contributed by atoms with Crippen LogP contribution >= 0.6 is 11.3 Å². The third-order valence-corrected chi connectivity index (χ3v) is 5.07. The van der Waals surface area contributed by atoms with Crippen molar-refractivity contribution in [1.29, 1.82) is 0 Å². The summed E-state index contributed by atoms with van der Waals surface area (Å²) in [5.74, 6) is 0.845. The van der Waals surface area contributed by atoms with Crippen LogP contribution in [-0.2, 0) is 20.9 Å². The molecule has 0 unspecified atom stereocenters. The Labute approximate surface area is 161 Å². The highest BCUT2D eigenvalue weighted by Gasteiger charge is 2.22. The molecule has 2 aromatic rings. The molecule has 1 aliphatic heterocycles. The van der Waals surface area contributed by atoms with Gasteiger partial charge in [0, 0.05) is 24.1 Å². The molecule has 0 bridgehead atoms. The van der Waals surface area contributed by atoms with E-state index in [1.807, 2.05) is 37.5 Å². The van der Waals surface area contributed by atoms with Crippen molar-refractivity contribution in [2.75, 3.05) is 19.8 Å². The van der Waals surface area contributed by atoms with Gasteiger partial charge in [0.1, 0.15) is 13.2 Å². The van der Waals surface area contributed by atoms with E-state index in [1.165, 1.54) is 11.3 Å². The van der Waals surface area contributed by atoms with Crippen LogP contribution in [0, 0.1) is 5.41 Å². The number of carbonyl (C=O) groups is 2. The molecule has 8 heteroatoms. The van der Waals surface area contributed by atoms with Crippen molar-refractivity contribution in [2.45, 2.75) is 40.7 Å². The molecule has 1 amide bonds. The molecular formula is C19H24N2O5S. The number of esters is 1. The van der Waals surface area contributed by atoms with Crippen LogP contribution in [0.15, 0.2) is 17.1 Å². The van der Waals surface area contributed by atoms with Crippen molar-refractivity contribution in [1.82, 2.24) is 4.57 Å². The molecule has 0 radical (unpaired) electrons. The largest absolute Gasteiger partial charge is 0.486 e. The number of amides is 1. The highest BCUT2D eigenvalue weighted by Crippen LogP contribution is 2.35. The zero-order chi connectivity index (χ0) is 19.6. The van der Waals surface area contributed by atoms with Crippen LogP contribution < -0.4 is 14.3 Å². The van der Waals surface area contributed by atoms with E-state index in [1.54, 1.807) is 6.92 Å². The van der Waals surface area contributed by atoms with Gasteiger partial charge in [-0.3, -0.25) is 9.59 Å². The van der Waals surface area contributed by atoms with Gasteiger partial charge in [-0.05, 0) is 6.92 Å². The third-order valence-electron chi connectivity index (χ3n) is 4.03. The molecular weight excluding hydrogens is 368 g/mol. The van der Waals surface area contributed by atoms with Crippen LogP contribution in [0.2, 0.25) is 0 Å². The number of carbonyl (C=O) groups excluding carboxylic acids is 2. The number of aromatic nitrogens is 1. The van der Waals surface area contributed by atoms with E-state index in [9.17, 15) is 9.59 Å². The lowest BCUT2D eigenvalue weighted by atomic mass is 9.96. The zero-order valence-electron chi connectivity index (χ0n) is 16.0. The molecule has 1 aromatic heterocycles. The molecule has 0 fully saturated rings.